The Morgan fingerprint density at radius 3 is 2.88 bits per heavy atom. The molecule has 2 atom stereocenters. The lowest BCUT2D eigenvalue weighted by Crippen LogP contribution is -2.26. The van der Waals surface area contributed by atoms with Crippen LogP contribution in [0.5, 0.6) is 0 Å². The Morgan fingerprint density at radius 2 is 2.38 bits per heavy atom. The molecule has 0 bridgehead atoms. The molecule has 1 saturated heterocycles. The standard InChI is InChI=1S/C13H21N3/c1-3-12(14)13-7-6-11(9-15-13)16-8-4-5-10(16)2/h6-7,9-10,12H,3-5,8,14H2,1-2H3. The first-order valence-corrected chi connectivity index (χ1v) is 6.20. The van der Waals surface area contributed by atoms with Gasteiger partial charge in [-0.3, -0.25) is 4.98 Å². The predicted molar refractivity (Wildman–Crippen MR) is 67.5 cm³/mol. The third-order valence-electron chi connectivity index (χ3n) is 3.48. The van der Waals surface area contributed by atoms with Gasteiger partial charge in [-0.1, -0.05) is 6.92 Å². The normalized spacial score (nSPS) is 22.4. The maximum atomic E-state index is 5.95. The molecule has 1 aromatic heterocycles. The van der Waals surface area contributed by atoms with Gasteiger partial charge in [-0.15, -0.1) is 0 Å². The van der Waals surface area contributed by atoms with Gasteiger partial charge in [0.05, 0.1) is 17.6 Å². The van der Waals surface area contributed by atoms with Crippen molar-refractivity contribution in [3.05, 3.63) is 24.0 Å². The molecule has 2 heterocycles. The Kier molecular flexibility index (Phi) is 3.44. The first-order chi connectivity index (χ1) is 7.72. The summed E-state index contributed by atoms with van der Waals surface area (Å²) in [6.45, 7) is 5.52. The smallest absolute Gasteiger partial charge is 0.0572 e. The highest BCUT2D eigenvalue weighted by molar-refractivity contribution is 5.46. The van der Waals surface area contributed by atoms with Crippen LogP contribution in [0.1, 0.15) is 44.8 Å². The van der Waals surface area contributed by atoms with Crippen LogP contribution in [0.15, 0.2) is 18.3 Å². The van der Waals surface area contributed by atoms with Gasteiger partial charge in [-0.25, -0.2) is 0 Å². The van der Waals surface area contributed by atoms with Gasteiger partial charge in [0.25, 0.3) is 0 Å². The van der Waals surface area contributed by atoms with Crippen molar-refractivity contribution in [2.24, 2.45) is 5.73 Å². The van der Waals surface area contributed by atoms with Gasteiger partial charge in [0.15, 0.2) is 0 Å². The Bertz CT molecular complexity index is 334. The van der Waals surface area contributed by atoms with Crippen LogP contribution < -0.4 is 10.6 Å². The molecule has 3 heteroatoms. The number of aromatic nitrogens is 1. The fraction of sp³-hybridized carbons (Fsp3) is 0.615. The molecule has 0 radical (unpaired) electrons. The summed E-state index contributed by atoms with van der Waals surface area (Å²) < 4.78 is 0. The van der Waals surface area contributed by atoms with E-state index in [1.807, 2.05) is 6.20 Å². The highest BCUT2D eigenvalue weighted by Gasteiger charge is 2.20. The molecule has 16 heavy (non-hydrogen) atoms. The quantitative estimate of drug-likeness (QED) is 0.849. The lowest BCUT2D eigenvalue weighted by Gasteiger charge is -2.23. The molecule has 0 amide bonds. The number of nitrogens with zero attached hydrogens (tertiary/aromatic N) is 2. The van der Waals surface area contributed by atoms with E-state index < -0.39 is 0 Å². The highest BCUT2D eigenvalue weighted by atomic mass is 15.2. The van der Waals surface area contributed by atoms with Crippen LogP contribution in [0.4, 0.5) is 5.69 Å². The van der Waals surface area contributed by atoms with Crippen LogP contribution in [-0.4, -0.2) is 17.6 Å². The summed E-state index contributed by atoms with van der Waals surface area (Å²) in [5, 5.41) is 0. The van der Waals surface area contributed by atoms with E-state index in [1.54, 1.807) is 0 Å². The largest absolute Gasteiger partial charge is 0.368 e. The van der Waals surface area contributed by atoms with Gasteiger partial charge in [0.1, 0.15) is 0 Å². The minimum Gasteiger partial charge on any atom is -0.368 e. The molecule has 88 valence electrons. The minimum absolute atomic E-state index is 0.0741. The Hall–Kier alpha value is -1.09. The van der Waals surface area contributed by atoms with E-state index in [9.17, 15) is 0 Å². The van der Waals surface area contributed by atoms with E-state index in [0.29, 0.717) is 6.04 Å². The first-order valence-electron chi connectivity index (χ1n) is 6.20. The molecule has 0 aliphatic carbocycles. The van der Waals surface area contributed by atoms with Gasteiger partial charge in [0.2, 0.25) is 0 Å². The fourth-order valence-electron chi connectivity index (χ4n) is 2.31. The van der Waals surface area contributed by atoms with Crippen molar-refractivity contribution in [2.45, 2.75) is 45.2 Å². The van der Waals surface area contributed by atoms with Gasteiger partial charge in [-0.2, -0.15) is 0 Å². The molecule has 1 aromatic rings. The number of hydrogen-bond acceptors (Lipinski definition) is 3. The van der Waals surface area contributed by atoms with Crippen LogP contribution in [0.2, 0.25) is 0 Å². The van der Waals surface area contributed by atoms with Gasteiger partial charge >= 0.3 is 0 Å². The van der Waals surface area contributed by atoms with Gasteiger partial charge in [-0.05, 0) is 38.3 Å². The van der Waals surface area contributed by atoms with Crippen molar-refractivity contribution in [2.75, 3.05) is 11.4 Å². The van der Waals surface area contributed by atoms with Crippen molar-refractivity contribution >= 4 is 5.69 Å². The maximum Gasteiger partial charge on any atom is 0.0572 e. The Balaban J connectivity index is 2.12. The average Bonchev–Trinajstić information content (AvgIpc) is 2.75. The molecule has 3 nitrogen and oxygen atoms in total. The molecule has 0 aromatic carbocycles. The highest BCUT2D eigenvalue weighted by Crippen LogP contribution is 2.25. The second kappa shape index (κ2) is 4.83. The van der Waals surface area contributed by atoms with Crippen molar-refractivity contribution in [1.82, 2.24) is 4.98 Å². The molecule has 1 fully saturated rings. The van der Waals surface area contributed by atoms with Crippen LogP contribution in [-0.2, 0) is 0 Å². The minimum atomic E-state index is 0.0741. The topological polar surface area (TPSA) is 42.1 Å². The molecule has 2 rings (SSSR count). The van der Waals surface area contributed by atoms with Gasteiger partial charge < -0.3 is 10.6 Å². The fourth-order valence-corrected chi connectivity index (χ4v) is 2.31. The van der Waals surface area contributed by atoms with Crippen molar-refractivity contribution < 1.29 is 0 Å². The zero-order chi connectivity index (χ0) is 11.5. The summed E-state index contributed by atoms with van der Waals surface area (Å²) >= 11 is 0. The zero-order valence-corrected chi connectivity index (χ0v) is 10.2. The number of hydrogen-bond donors (Lipinski definition) is 1. The summed E-state index contributed by atoms with van der Waals surface area (Å²) in [5.74, 6) is 0. The van der Waals surface area contributed by atoms with E-state index in [4.69, 9.17) is 5.73 Å². The van der Waals surface area contributed by atoms with Crippen molar-refractivity contribution in [3.63, 3.8) is 0 Å². The molecular weight excluding hydrogens is 198 g/mol. The van der Waals surface area contributed by atoms with Crippen LogP contribution in [0.3, 0.4) is 0 Å². The summed E-state index contributed by atoms with van der Waals surface area (Å²) in [5.41, 5.74) is 8.18. The van der Waals surface area contributed by atoms with Crippen molar-refractivity contribution in [3.8, 4) is 0 Å². The summed E-state index contributed by atoms with van der Waals surface area (Å²) in [4.78, 5) is 6.89. The summed E-state index contributed by atoms with van der Waals surface area (Å²) in [6, 6.07) is 4.94. The van der Waals surface area contributed by atoms with E-state index in [-0.39, 0.29) is 6.04 Å². The molecule has 0 saturated carbocycles. The molecule has 1 aliphatic rings. The molecule has 0 spiro atoms. The molecule has 2 N–H and O–H groups in total. The SMILES string of the molecule is CCC(N)c1ccc(N2CCCC2C)cn1. The van der Waals surface area contributed by atoms with Crippen LogP contribution >= 0.6 is 0 Å². The van der Waals surface area contributed by atoms with Crippen LogP contribution in [0, 0.1) is 0 Å². The summed E-state index contributed by atoms with van der Waals surface area (Å²) in [6.07, 6.45) is 5.48. The number of anilines is 1. The second-order valence-electron chi connectivity index (χ2n) is 4.64. The monoisotopic (exact) mass is 219 g/mol. The van der Waals surface area contributed by atoms with E-state index in [1.165, 1.54) is 18.5 Å². The zero-order valence-electron chi connectivity index (χ0n) is 10.2. The first kappa shape index (κ1) is 11.4. The predicted octanol–water partition coefficient (Wildman–Crippen LogP) is 2.48. The van der Waals surface area contributed by atoms with Gasteiger partial charge in [0, 0.05) is 18.6 Å². The molecular formula is C13H21N3. The lowest BCUT2D eigenvalue weighted by molar-refractivity contribution is 0.673. The third kappa shape index (κ3) is 2.19. The number of rotatable bonds is 3. The van der Waals surface area contributed by atoms with E-state index >= 15 is 0 Å². The lowest BCUT2D eigenvalue weighted by atomic mass is 10.1. The average molecular weight is 219 g/mol. The van der Waals surface area contributed by atoms with Crippen molar-refractivity contribution in [1.29, 1.82) is 0 Å². The molecule has 1 aliphatic heterocycles. The molecule has 2 unspecified atom stereocenters. The van der Waals surface area contributed by atoms with E-state index in [0.717, 1.165) is 18.7 Å². The third-order valence-corrected chi connectivity index (χ3v) is 3.48. The summed E-state index contributed by atoms with van der Waals surface area (Å²) in [7, 11) is 0. The Morgan fingerprint density at radius 1 is 1.56 bits per heavy atom. The second-order valence-corrected chi connectivity index (χ2v) is 4.64. The van der Waals surface area contributed by atoms with Crippen LogP contribution in [0.25, 0.3) is 0 Å². The van der Waals surface area contributed by atoms with E-state index in [2.05, 4.69) is 35.9 Å². The number of pyridine rings is 1. The maximum absolute atomic E-state index is 5.95. The Labute approximate surface area is 97.7 Å². The number of nitrogens with two attached hydrogens (primary N) is 1.